The van der Waals surface area contributed by atoms with Crippen molar-refractivity contribution in [3.63, 3.8) is 0 Å². The number of carboxylic acids is 1. The maximum Gasteiger partial charge on any atom is 0.320 e. The van der Waals surface area contributed by atoms with Gasteiger partial charge in [-0.2, -0.15) is 4.31 Å². The van der Waals surface area contributed by atoms with Gasteiger partial charge in [0, 0.05) is 18.8 Å². The first-order chi connectivity index (χ1) is 12.8. The zero-order valence-corrected chi connectivity index (χ0v) is 16.5. The van der Waals surface area contributed by atoms with E-state index in [1.165, 1.54) is 16.4 Å². The van der Waals surface area contributed by atoms with E-state index < -0.39 is 27.9 Å². The Labute approximate surface area is 160 Å². The van der Waals surface area contributed by atoms with Crippen molar-refractivity contribution in [2.45, 2.75) is 44.0 Å². The second kappa shape index (κ2) is 9.29. The number of carbonyl (C=O) groups is 2. The lowest BCUT2D eigenvalue weighted by atomic mass is 9.99. The predicted molar refractivity (Wildman–Crippen MR) is 102 cm³/mol. The lowest BCUT2D eigenvalue weighted by Crippen LogP contribution is -2.45. The van der Waals surface area contributed by atoms with Crippen LogP contribution in [0.1, 0.15) is 33.1 Å². The van der Waals surface area contributed by atoms with E-state index in [1.54, 1.807) is 19.1 Å². The van der Waals surface area contributed by atoms with Crippen molar-refractivity contribution in [1.29, 1.82) is 0 Å². The third kappa shape index (κ3) is 5.50. The Morgan fingerprint density at radius 2 is 1.93 bits per heavy atom. The number of sulfonamides is 1. The van der Waals surface area contributed by atoms with Crippen LogP contribution in [0.15, 0.2) is 29.2 Å². The number of carboxylic acid groups (broad SMARTS) is 1. The summed E-state index contributed by atoms with van der Waals surface area (Å²) in [6.45, 7) is 4.53. The van der Waals surface area contributed by atoms with Crippen LogP contribution >= 0.6 is 0 Å². The fraction of sp³-hybridized carbons (Fsp3) is 0.556. The van der Waals surface area contributed by atoms with Crippen molar-refractivity contribution in [3.05, 3.63) is 24.3 Å². The Balaban J connectivity index is 2.01. The molecule has 3 N–H and O–H groups in total. The van der Waals surface area contributed by atoms with Crippen molar-refractivity contribution in [2.75, 3.05) is 25.0 Å². The van der Waals surface area contributed by atoms with Gasteiger partial charge in [0.15, 0.2) is 0 Å². The number of anilines is 1. The molecule has 1 amide bonds. The smallest absolute Gasteiger partial charge is 0.320 e. The minimum Gasteiger partial charge on any atom is -0.480 e. The van der Waals surface area contributed by atoms with Gasteiger partial charge in [0.2, 0.25) is 15.9 Å². The van der Waals surface area contributed by atoms with Gasteiger partial charge in [0.05, 0.1) is 11.4 Å². The summed E-state index contributed by atoms with van der Waals surface area (Å²) in [6.07, 6.45) is 2.37. The molecule has 1 aromatic rings. The van der Waals surface area contributed by atoms with Crippen LogP contribution in [-0.4, -0.2) is 55.4 Å². The topological polar surface area (TPSA) is 116 Å². The van der Waals surface area contributed by atoms with Gasteiger partial charge < -0.3 is 10.4 Å². The lowest BCUT2D eigenvalue weighted by Gasteiger charge is -2.20. The zero-order chi connectivity index (χ0) is 20.0. The predicted octanol–water partition coefficient (Wildman–Crippen LogP) is 1.50. The fourth-order valence-corrected chi connectivity index (χ4v) is 4.55. The standard InChI is InChI=1S/C18H27N3O5S/c1-3-13(2)17(18(23)24)19-12-16(22)20-14-7-6-8-15(11-14)27(25,26)21-9-4-5-10-21/h6-8,11,13,17,19H,3-5,9-10,12H2,1-2H3,(H,20,22)(H,23,24)/t13-,17-/m0/s1. The molecule has 2 atom stereocenters. The highest BCUT2D eigenvalue weighted by molar-refractivity contribution is 7.89. The molecule has 0 saturated carbocycles. The number of benzene rings is 1. The average Bonchev–Trinajstić information content (AvgIpc) is 3.17. The van der Waals surface area contributed by atoms with Gasteiger partial charge >= 0.3 is 5.97 Å². The Hall–Kier alpha value is -1.97. The van der Waals surface area contributed by atoms with E-state index >= 15 is 0 Å². The van der Waals surface area contributed by atoms with Crippen LogP contribution in [-0.2, 0) is 19.6 Å². The number of nitrogens with one attached hydrogen (secondary N) is 2. The Bertz CT molecular complexity index is 775. The maximum absolute atomic E-state index is 12.6. The van der Waals surface area contributed by atoms with Crippen molar-refractivity contribution in [1.82, 2.24) is 9.62 Å². The highest BCUT2D eigenvalue weighted by Gasteiger charge is 2.27. The number of aliphatic carboxylic acids is 1. The number of nitrogens with zero attached hydrogens (tertiary/aromatic N) is 1. The SMILES string of the molecule is CC[C@H](C)[C@H](NCC(=O)Nc1cccc(S(=O)(=O)N2CCCC2)c1)C(=O)O. The molecule has 2 rings (SSSR count). The monoisotopic (exact) mass is 397 g/mol. The summed E-state index contributed by atoms with van der Waals surface area (Å²) in [6, 6.07) is 5.29. The Morgan fingerprint density at radius 3 is 2.52 bits per heavy atom. The number of amides is 1. The molecule has 0 aromatic heterocycles. The summed E-state index contributed by atoms with van der Waals surface area (Å²) in [5.74, 6) is -1.56. The Kier molecular flexibility index (Phi) is 7.34. The first-order valence-electron chi connectivity index (χ1n) is 9.12. The normalized spacial score (nSPS) is 17.4. The summed E-state index contributed by atoms with van der Waals surface area (Å²) < 4.78 is 26.7. The van der Waals surface area contributed by atoms with Crippen LogP contribution in [0, 0.1) is 5.92 Å². The molecule has 0 bridgehead atoms. The highest BCUT2D eigenvalue weighted by atomic mass is 32.2. The highest BCUT2D eigenvalue weighted by Crippen LogP contribution is 2.23. The average molecular weight is 397 g/mol. The van der Waals surface area contributed by atoms with Gasteiger partial charge in [-0.05, 0) is 37.0 Å². The number of hydrogen-bond acceptors (Lipinski definition) is 5. The van der Waals surface area contributed by atoms with Crippen LogP contribution in [0.4, 0.5) is 5.69 Å². The Morgan fingerprint density at radius 1 is 1.26 bits per heavy atom. The molecule has 1 aromatic carbocycles. The quantitative estimate of drug-likeness (QED) is 0.582. The van der Waals surface area contributed by atoms with E-state index in [0.29, 0.717) is 25.2 Å². The molecular formula is C18H27N3O5S. The molecule has 1 aliphatic rings. The molecular weight excluding hydrogens is 370 g/mol. The number of rotatable bonds is 9. The zero-order valence-electron chi connectivity index (χ0n) is 15.6. The van der Waals surface area contributed by atoms with Crippen molar-refractivity contribution >= 4 is 27.6 Å². The van der Waals surface area contributed by atoms with Gasteiger partial charge in [-0.1, -0.05) is 26.3 Å². The van der Waals surface area contributed by atoms with E-state index in [1.807, 2.05) is 6.92 Å². The van der Waals surface area contributed by atoms with Crippen molar-refractivity contribution < 1.29 is 23.1 Å². The largest absolute Gasteiger partial charge is 0.480 e. The molecule has 1 saturated heterocycles. The molecule has 0 spiro atoms. The minimum atomic E-state index is -3.56. The van der Waals surface area contributed by atoms with Crippen molar-refractivity contribution in [3.8, 4) is 0 Å². The van der Waals surface area contributed by atoms with Gasteiger partial charge in [0.1, 0.15) is 6.04 Å². The van der Waals surface area contributed by atoms with Gasteiger partial charge in [0.25, 0.3) is 0 Å². The van der Waals surface area contributed by atoms with Crippen LogP contribution < -0.4 is 10.6 Å². The summed E-state index contributed by atoms with van der Waals surface area (Å²) >= 11 is 0. The lowest BCUT2D eigenvalue weighted by molar-refractivity contribution is -0.140. The van der Waals surface area contributed by atoms with Crippen LogP contribution in [0.3, 0.4) is 0 Å². The second-order valence-electron chi connectivity index (χ2n) is 6.77. The first-order valence-corrected chi connectivity index (χ1v) is 10.6. The molecule has 8 nitrogen and oxygen atoms in total. The second-order valence-corrected chi connectivity index (χ2v) is 8.71. The van der Waals surface area contributed by atoms with Gasteiger partial charge in [-0.25, -0.2) is 8.42 Å². The molecule has 0 radical (unpaired) electrons. The van der Waals surface area contributed by atoms with Crippen LogP contribution in [0.5, 0.6) is 0 Å². The molecule has 9 heteroatoms. The first kappa shape index (κ1) is 21.3. The van der Waals surface area contributed by atoms with E-state index in [9.17, 15) is 23.1 Å². The minimum absolute atomic E-state index is 0.121. The fourth-order valence-electron chi connectivity index (χ4n) is 2.99. The van der Waals surface area contributed by atoms with E-state index in [0.717, 1.165) is 12.8 Å². The maximum atomic E-state index is 12.6. The molecule has 150 valence electrons. The molecule has 1 heterocycles. The summed E-state index contributed by atoms with van der Waals surface area (Å²) in [7, 11) is -3.56. The third-order valence-electron chi connectivity index (χ3n) is 4.78. The third-order valence-corrected chi connectivity index (χ3v) is 6.68. The van der Waals surface area contributed by atoms with Crippen LogP contribution in [0.2, 0.25) is 0 Å². The van der Waals surface area contributed by atoms with E-state index in [4.69, 9.17) is 0 Å². The molecule has 0 unspecified atom stereocenters. The number of carbonyl (C=O) groups excluding carboxylic acids is 1. The molecule has 1 aliphatic heterocycles. The van der Waals surface area contributed by atoms with Crippen LogP contribution in [0.25, 0.3) is 0 Å². The van der Waals surface area contributed by atoms with Crippen molar-refractivity contribution in [2.24, 2.45) is 5.92 Å². The summed E-state index contributed by atoms with van der Waals surface area (Å²) in [5.41, 5.74) is 0.359. The molecule has 27 heavy (non-hydrogen) atoms. The summed E-state index contributed by atoms with van der Waals surface area (Å²) in [4.78, 5) is 23.6. The number of hydrogen-bond donors (Lipinski definition) is 3. The van der Waals surface area contributed by atoms with E-state index in [-0.39, 0.29) is 17.4 Å². The van der Waals surface area contributed by atoms with Gasteiger partial charge in [-0.3, -0.25) is 14.9 Å². The van der Waals surface area contributed by atoms with E-state index in [2.05, 4.69) is 10.6 Å². The summed E-state index contributed by atoms with van der Waals surface area (Å²) in [5, 5.41) is 14.6. The van der Waals surface area contributed by atoms with Gasteiger partial charge in [-0.15, -0.1) is 0 Å². The molecule has 1 fully saturated rings. The molecule has 0 aliphatic carbocycles.